The van der Waals surface area contributed by atoms with Crippen LogP contribution in [0.1, 0.15) is 35.3 Å². The lowest BCUT2D eigenvalue weighted by molar-refractivity contribution is 0.0515. The number of hydrogen-bond acceptors (Lipinski definition) is 2. The summed E-state index contributed by atoms with van der Waals surface area (Å²) < 4.78 is 0. The van der Waals surface area contributed by atoms with Crippen molar-refractivity contribution in [1.82, 2.24) is 4.90 Å². The van der Waals surface area contributed by atoms with Crippen LogP contribution in [0.15, 0.2) is 84.9 Å². The van der Waals surface area contributed by atoms with Crippen LogP contribution in [0.25, 0.3) is 0 Å². The van der Waals surface area contributed by atoms with Gasteiger partial charge in [0.05, 0.1) is 11.1 Å². The van der Waals surface area contributed by atoms with Crippen molar-refractivity contribution in [3.63, 3.8) is 0 Å². The molecule has 0 bridgehead atoms. The van der Waals surface area contributed by atoms with E-state index in [0.717, 1.165) is 11.1 Å². The van der Waals surface area contributed by atoms with Crippen molar-refractivity contribution in [3.05, 3.63) is 102 Å². The molecule has 26 heavy (non-hydrogen) atoms. The van der Waals surface area contributed by atoms with Gasteiger partial charge in [0.25, 0.3) is 5.91 Å². The number of nitrogens with zero attached hydrogens (tertiary/aromatic N) is 1. The SMILES string of the molecule is CC(C)(c1ccccc1)N(Cc1ccccc1)C(=O)c1ccccc1N. The van der Waals surface area contributed by atoms with E-state index in [1.807, 2.05) is 65.6 Å². The van der Waals surface area contributed by atoms with Gasteiger partial charge in [0, 0.05) is 12.2 Å². The lowest BCUT2D eigenvalue weighted by atomic mass is 9.90. The predicted octanol–water partition coefficient (Wildman–Crippen LogP) is 4.85. The molecule has 0 saturated heterocycles. The van der Waals surface area contributed by atoms with Crippen LogP contribution in [0, 0.1) is 0 Å². The number of rotatable bonds is 5. The highest BCUT2D eigenvalue weighted by molar-refractivity contribution is 5.99. The van der Waals surface area contributed by atoms with E-state index in [1.54, 1.807) is 12.1 Å². The molecule has 132 valence electrons. The molecule has 3 nitrogen and oxygen atoms in total. The summed E-state index contributed by atoms with van der Waals surface area (Å²) in [5.74, 6) is -0.0687. The van der Waals surface area contributed by atoms with Crippen LogP contribution in [0.2, 0.25) is 0 Å². The fourth-order valence-corrected chi connectivity index (χ4v) is 3.13. The minimum absolute atomic E-state index is 0.0687. The summed E-state index contributed by atoms with van der Waals surface area (Å²) in [6.45, 7) is 4.65. The third kappa shape index (κ3) is 3.62. The normalized spacial score (nSPS) is 11.2. The van der Waals surface area contributed by atoms with Gasteiger partial charge in [0.2, 0.25) is 0 Å². The van der Waals surface area contributed by atoms with Crippen molar-refractivity contribution in [3.8, 4) is 0 Å². The van der Waals surface area contributed by atoms with Crippen LogP contribution < -0.4 is 5.73 Å². The molecule has 3 heteroatoms. The van der Waals surface area contributed by atoms with Gasteiger partial charge in [0.1, 0.15) is 0 Å². The summed E-state index contributed by atoms with van der Waals surface area (Å²) in [5, 5.41) is 0. The van der Waals surface area contributed by atoms with Gasteiger partial charge in [-0.2, -0.15) is 0 Å². The first-order valence-corrected chi connectivity index (χ1v) is 8.76. The number of benzene rings is 3. The molecule has 2 N–H and O–H groups in total. The second kappa shape index (κ2) is 7.44. The average molecular weight is 344 g/mol. The van der Waals surface area contributed by atoms with E-state index < -0.39 is 5.54 Å². The van der Waals surface area contributed by atoms with Crippen molar-refractivity contribution in [2.45, 2.75) is 25.9 Å². The highest BCUT2D eigenvalue weighted by atomic mass is 16.2. The quantitative estimate of drug-likeness (QED) is 0.673. The smallest absolute Gasteiger partial charge is 0.256 e. The summed E-state index contributed by atoms with van der Waals surface area (Å²) in [5.41, 5.74) is 8.80. The van der Waals surface area contributed by atoms with Crippen molar-refractivity contribution in [2.75, 3.05) is 5.73 Å². The number of hydrogen-bond donors (Lipinski definition) is 1. The van der Waals surface area contributed by atoms with E-state index in [9.17, 15) is 4.79 Å². The van der Waals surface area contributed by atoms with Gasteiger partial charge >= 0.3 is 0 Å². The summed E-state index contributed by atoms with van der Waals surface area (Å²) in [6.07, 6.45) is 0. The van der Waals surface area contributed by atoms with Gasteiger partial charge in [-0.3, -0.25) is 4.79 Å². The van der Waals surface area contributed by atoms with E-state index in [0.29, 0.717) is 17.8 Å². The maximum absolute atomic E-state index is 13.4. The molecule has 0 heterocycles. The highest BCUT2D eigenvalue weighted by Gasteiger charge is 2.33. The molecule has 0 atom stereocenters. The molecule has 3 aromatic rings. The first kappa shape index (κ1) is 17.7. The molecule has 0 aliphatic heterocycles. The third-order valence-corrected chi connectivity index (χ3v) is 4.77. The van der Waals surface area contributed by atoms with Crippen LogP contribution in [-0.2, 0) is 12.1 Å². The standard InChI is InChI=1S/C23H24N2O/c1-23(2,19-13-7-4-8-14-19)25(17-18-11-5-3-6-12-18)22(26)20-15-9-10-16-21(20)24/h3-16H,17,24H2,1-2H3. The Hall–Kier alpha value is -3.07. The highest BCUT2D eigenvalue weighted by Crippen LogP contribution is 2.31. The van der Waals surface area contributed by atoms with E-state index in [1.165, 1.54) is 0 Å². The molecule has 0 aromatic heterocycles. The Kier molecular flexibility index (Phi) is 5.08. The number of carbonyl (C=O) groups is 1. The first-order valence-electron chi connectivity index (χ1n) is 8.76. The number of amides is 1. The van der Waals surface area contributed by atoms with Crippen LogP contribution in [0.3, 0.4) is 0 Å². The number of nitrogen functional groups attached to an aromatic ring is 1. The Balaban J connectivity index is 2.04. The molecule has 0 unspecified atom stereocenters. The average Bonchev–Trinajstić information content (AvgIpc) is 2.67. The van der Waals surface area contributed by atoms with Gasteiger partial charge in [0.15, 0.2) is 0 Å². The fraction of sp³-hybridized carbons (Fsp3) is 0.174. The molecule has 0 radical (unpaired) electrons. The first-order chi connectivity index (χ1) is 12.5. The van der Waals surface area contributed by atoms with Gasteiger partial charge in [-0.15, -0.1) is 0 Å². The van der Waals surface area contributed by atoms with E-state index >= 15 is 0 Å². The van der Waals surface area contributed by atoms with Crippen molar-refractivity contribution in [1.29, 1.82) is 0 Å². The van der Waals surface area contributed by atoms with Crippen LogP contribution >= 0.6 is 0 Å². The van der Waals surface area contributed by atoms with Gasteiger partial charge < -0.3 is 10.6 Å². The molecule has 0 spiro atoms. The largest absolute Gasteiger partial charge is 0.398 e. The topological polar surface area (TPSA) is 46.3 Å². The zero-order valence-electron chi connectivity index (χ0n) is 15.2. The number of carbonyl (C=O) groups excluding carboxylic acids is 1. The van der Waals surface area contributed by atoms with E-state index in [2.05, 4.69) is 26.0 Å². The van der Waals surface area contributed by atoms with Gasteiger partial charge in [-0.1, -0.05) is 72.8 Å². The molecule has 3 rings (SSSR count). The summed E-state index contributed by atoms with van der Waals surface area (Å²) >= 11 is 0. The van der Waals surface area contributed by atoms with Gasteiger partial charge in [-0.05, 0) is 37.1 Å². The Morgan fingerprint density at radius 1 is 0.846 bits per heavy atom. The Bertz CT molecular complexity index is 873. The number of nitrogens with two attached hydrogens (primary N) is 1. The second-order valence-electron chi connectivity index (χ2n) is 6.89. The zero-order chi connectivity index (χ0) is 18.6. The monoisotopic (exact) mass is 344 g/mol. The Morgan fingerprint density at radius 3 is 2.00 bits per heavy atom. The second-order valence-corrected chi connectivity index (χ2v) is 6.89. The van der Waals surface area contributed by atoms with Crippen LogP contribution in [0.5, 0.6) is 0 Å². The lowest BCUT2D eigenvalue weighted by Crippen LogP contribution is -2.45. The molecule has 0 aliphatic rings. The maximum atomic E-state index is 13.4. The lowest BCUT2D eigenvalue weighted by Gasteiger charge is -2.39. The maximum Gasteiger partial charge on any atom is 0.256 e. The Morgan fingerprint density at radius 2 is 1.38 bits per heavy atom. The number of para-hydroxylation sites is 1. The molecule has 3 aromatic carbocycles. The molecular formula is C23H24N2O. The van der Waals surface area contributed by atoms with Crippen LogP contribution in [0.4, 0.5) is 5.69 Å². The third-order valence-electron chi connectivity index (χ3n) is 4.77. The summed E-state index contributed by atoms with van der Waals surface area (Å²) in [7, 11) is 0. The summed E-state index contributed by atoms with van der Waals surface area (Å²) in [6, 6.07) is 27.4. The molecule has 0 saturated carbocycles. The summed E-state index contributed by atoms with van der Waals surface area (Å²) in [4.78, 5) is 15.3. The van der Waals surface area contributed by atoms with Crippen molar-refractivity contribution in [2.24, 2.45) is 0 Å². The predicted molar refractivity (Wildman–Crippen MR) is 107 cm³/mol. The molecule has 0 fully saturated rings. The van der Waals surface area contributed by atoms with Crippen molar-refractivity contribution < 1.29 is 4.79 Å². The van der Waals surface area contributed by atoms with Gasteiger partial charge in [-0.25, -0.2) is 0 Å². The molecular weight excluding hydrogens is 320 g/mol. The Labute approximate surface area is 155 Å². The molecule has 0 aliphatic carbocycles. The van der Waals surface area contributed by atoms with E-state index in [4.69, 9.17) is 5.73 Å². The zero-order valence-corrected chi connectivity index (χ0v) is 15.2. The molecule has 1 amide bonds. The van der Waals surface area contributed by atoms with Crippen molar-refractivity contribution >= 4 is 11.6 Å². The minimum Gasteiger partial charge on any atom is -0.398 e. The van der Waals surface area contributed by atoms with E-state index in [-0.39, 0.29) is 5.91 Å². The fourth-order valence-electron chi connectivity index (χ4n) is 3.13. The number of anilines is 1. The van der Waals surface area contributed by atoms with Crippen LogP contribution in [-0.4, -0.2) is 10.8 Å². The minimum atomic E-state index is -0.490.